The van der Waals surface area contributed by atoms with E-state index in [2.05, 4.69) is 5.32 Å². The zero-order chi connectivity index (χ0) is 16.8. The van der Waals surface area contributed by atoms with Crippen LogP contribution in [-0.4, -0.2) is 47.5 Å². The van der Waals surface area contributed by atoms with Crippen molar-refractivity contribution in [2.75, 3.05) is 18.7 Å². The average molecular weight is 336 g/mol. The van der Waals surface area contributed by atoms with E-state index in [4.69, 9.17) is 4.74 Å². The molecule has 126 valence electrons. The summed E-state index contributed by atoms with van der Waals surface area (Å²) in [6, 6.07) is 7.22. The standard InChI is InChI=1S/C17H24N2O3S/c1-4-12(2)18-17(21)15-10-23-11-19(15)16(20)9-13-5-7-14(22-3)8-6-13/h5-8,12,15H,4,9-11H2,1-3H3,(H,18,21)/t12-,15-/m0/s1. The Morgan fingerprint density at radius 1 is 1.39 bits per heavy atom. The lowest BCUT2D eigenvalue weighted by Crippen LogP contribution is -2.49. The first-order valence-corrected chi connectivity index (χ1v) is 9.01. The molecule has 1 aromatic rings. The monoisotopic (exact) mass is 336 g/mol. The summed E-state index contributed by atoms with van der Waals surface area (Å²) >= 11 is 1.62. The van der Waals surface area contributed by atoms with Crippen LogP contribution in [0.4, 0.5) is 0 Å². The predicted octanol–water partition coefficient (Wildman–Crippen LogP) is 2.05. The Kier molecular flexibility index (Phi) is 6.33. The number of hydrogen-bond acceptors (Lipinski definition) is 4. The second-order valence-corrected chi connectivity index (χ2v) is 6.72. The molecule has 1 fully saturated rings. The molecule has 1 N–H and O–H groups in total. The molecule has 0 aromatic heterocycles. The van der Waals surface area contributed by atoms with Gasteiger partial charge in [-0.05, 0) is 31.0 Å². The number of rotatable bonds is 6. The second-order valence-electron chi connectivity index (χ2n) is 5.72. The third-order valence-electron chi connectivity index (χ3n) is 4.02. The highest BCUT2D eigenvalue weighted by atomic mass is 32.2. The molecule has 0 saturated carbocycles. The van der Waals surface area contributed by atoms with E-state index in [0.29, 0.717) is 18.1 Å². The van der Waals surface area contributed by atoms with Crippen molar-refractivity contribution in [1.82, 2.24) is 10.2 Å². The van der Waals surface area contributed by atoms with Crippen LogP contribution in [0.1, 0.15) is 25.8 Å². The van der Waals surface area contributed by atoms with Gasteiger partial charge in [-0.1, -0.05) is 19.1 Å². The molecule has 6 heteroatoms. The van der Waals surface area contributed by atoms with Gasteiger partial charge in [-0.25, -0.2) is 0 Å². The number of nitrogens with zero attached hydrogens (tertiary/aromatic N) is 1. The molecule has 5 nitrogen and oxygen atoms in total. The zero-order valence-corrected chi connectivity index (χ0v) is 14.7. The summed E-state index contributed by atoms with van der Waals surface area (Å²) in [5.41, 5.74) is 0.925. The Bertz CT molecular complexity index is 547. The van der Waals surface area contributed by atoms with Gasteiger partial charge in [-0.15, -0.1) is 11.8 Å². The second kappa shape index (κ2) is 8.24. The fourth-order valence-corrected chi connectivity index (χ4v) is 3.55. The van der Waals surface area contributed by atoms with E-state index in [-0.39, 0.29) is 23.9 Å². The molecule has 0 spiro atoms. The maximum absolute atomic E-state index is 12.5. The number of hydrogen-bond donors (Lipinski definition) is 1. The van der Waals surface area contributed by atoms with Gasteiger partial charge >= 0.3 is 0 Å². The van der Waals surface area contributed by atoms with Crippen LogP contribution in [-0.2, 0) is 16.0 Å². The van der Waals surface area contributed by atoms with Crippen molar-refractivity contribution in [3.8, 4) is 5.75 Å². The smallest absolute Gasteiger partial charge is 0.243 e. The summed E-state index contributed by atoms with van der Waals surface area (Å²) in [6.07, 6.45) is 1.18. The average Bonchev–Trinajstić information content (AvgIpc) is 3.05. The van der Waals surface area contributed by atoms with Crippen LogP contribution in [0.5, 0.6) is 5.75 Å². The molecular weight excluding hydrogens is 312 g/mol. The van der Waals surface area contributed by atoms with Crippen LogP contribution in [0.3, 0.4) is 0 Å². The first-order chi connectivity index (χ1) is 11.0. The van der Waals surface area contributed by atoms with Crippen LogP contribution in [0.2, 0.25) is 0 Å². The molecule has 1 aliphatic rings. The molecule has 2 atom stereocenters. The number of amides is 2. The summed E-state index contributed by atoms with van der Waals surface area (Å²) in [4.78, 5) is 26.6. The highest BCUT2D eigenvalue weighted by molar-refractivity contribution is 7.99. The minimum absolute atomic E-state index is 0.00975. The first kappa shape index (κ1) is 17.7. The van der Waals surface area contributed by atoms with Crippen molar-refractivity contribution < 1.29 is 14.3 Å². The summed E-state index contributed by atoms with van der Waals surface area (Å²) in [5.74, 6) is 1.95. The van der Waals surface area contributed by atoms with Gasteiger partial charge in [0.05, 0.1) is 19.4 Å². The molecule has 0 aliphatic carbocycles. The van der Waals surface area contributed by atoms with Crippen LogP contribution < -0.4 is 10.1 Å². The lowest BCUT2D eigenvalue weighted by molar-refractivity contribution is -0.137. The summed E-state index contributed by atoms with van der Waals surface area (Å²) in [6.45, 7) is 4.00. The van der Waals surface area contributed by atoms with Crippen molar-refractivity contribution in [1.29, 1.82) is 0 Å². The largest absolute Gasteiger partial charge is 0.497 e. The Hall–Kier alpha value is -1.69. The van der Waals surface area contributed by atoms with Gasteiger partial charge in [0.25, 0.3) is 0 Å². The Labute approximate surface area is 141 Å². The van der Waals surface area contributed by atoms with E-state index in [1.54, 1.807) is 23.8 Å². The highest BCUT2D eigenvalue weighted by Gasteiger charge is 2.34. The Balaban J connectivity index is 1.98. The van der Waals surface area contributed by atoms with Crippen molar-refractivity contribution in [2.24, 2.45) is 0 Å². The van der Waals surface area contributed by atoms with Gasteiger partial charge < -0.3 is 15.0 Å². The molecule has 2 amide bonds. The van der Waals surface area contributed by atoms with Crippen molar-refractivity contribution in [3.63, 3.8) is 0 Å². The lowest BCUT2D eigenvalue weighted by atomic mass is 10.1. The number of benzene rings is 1. The van der Waals surface area contributed by atoms with Crippen molar-refractivity contribution in [2.45, 2.75) is 38.8 Å². The molecule has 1 aromatic carbocycles. The molecule has 1 aliphatic heterocycles. The third kappa shape index (κ3) is 4.64. The molecule has 0 radical (unpaired) electrons. The minimum atomic E-state index is -0.361. The topological polar surface area (TPSA) is 58.6 Å². The molecule has 1 saturated heterocycles. The SMILES string of the molecule is CC[C@H](C)NC(=O)[C@@H]1CSCN1C(=O)Cc1ccc(OC)cc1. The van der Waals surface area contributed by atoms with Gasteiger partial charge in [0.15, 0.2) is 0 Å². The summed E-state index contributed by atoms with van der Waals surface area (Å²) < 4.78 is 5.12. The molecule has 0 bridgehead atoms. The Morgan fingerprint density at radius 3 is 2.70 bits per heavy atom. The third-order valence-corrected chi connectivity index (χ3v) is 5.03. The zero-order valence-electron chi connectivity index (χ0n) is 13.9. The van der Waals surface area contributed by atoms with Gasteiger partial charge in [-0.2, -0.15) is 0 Å². The van der Waals surface area contributed by atoms with Crippen molar-refractivity contribution >= 4 is 23.6 Å². The Morgan fingerprint density at radius 2 is 2.09 bits per heavy atom. The first-order valence-electron chi connectivity index (χ1n) is 7.85. The van der Waals surface area contributed by atoms with E-state index in [1.807, 2.05) is 38.1 Å². The number of methoxy groups -OCH3 is 1. The van der Waals surface area contributed by atoms with Gasteiger partial charge in [0.1, 0.15) is 11.8 Å². The van der Waals surface area contributed by atoms with Crippen LogP contribution in [0.25, 0.3) is 0 Å². The van der Waals surface area contributed by atoms with E-state index in [1.165, 1.54) is 0 Å². The van der Waals surface area contributed by atoms with Crippen LogP contribution in [0.15, 0.2) is 24.3 Å². The van der Waals surface area contributed by atoms with Gasteiger partial charge in [0, 0.05) is 11.8 Å². The number of nitrogens with one attached hydrogen (secondary N) is 1. The molecule has 2 rings (SSSR count). The quantitative estimate of drug-likeness (QED) is 0.864. The maximum atomic E-state index is 12.5. The van der Waals surface area contributed by atoms with E-state index in [0.717, 1.165) is 17.7 Å². The summed E-state index contributed by atoms with van der Waals surface area (Å²) in [7, 11) is 1.61. The molecule has 0 unspecified atom stereocenters. The van der Waals surface area contributed by atoms with Crippen LogP contribution in [0, 0.1) is 0 Å². The number of carbonyl (C=O) groups excluding carboxylic acids is 2. The van der Waals surface area contributed by atoms with Crippen LogP contribution >= 0.6 is 11.8 Å². The van der Waals surface area contributed by atoms with E-state index in [9.17, 15) is 9.59 Å². The van der Waals surface area contributed by atoms with E-state index < -0.39 is 0 Å². The minimum Gasteiger partial charge on any atom is -0.497 e. The van der Waals surface area contributed by atoms with Crippen molar-refractivity contribution in [3.05, 3.63) is 29.8 Å². The van der Waals surface area contributed by atoms with Gasteiger partial charge in [-0.3, -0.25) is 9.59 Å². The number of carbonyl (C=O) groups is 2. The number of thioether (sulfide) groups is 1. The fraction of sp³-hybridized carbons (Fsp3) is 0.529. The predicted molar refractivity (Wildman–Crippen MR) is 92.6 cm³/mol. The molecule has 23 heavy (non-hydrogen) atoms. The number of ether oxygens (including phenoxy) is 1. The molecule has 1 heterocycles. The normalized spacial score (nSPS) is 18.6. The molecular formula is C17H24N2O3S. The maximum Gasteiger partial charge on any atom is 0.243 e. The van der Waals surface area contributed by atoms with Gasteiger partial charge in [0.2, 0.25) is 11.8 Å². The summed E-state index contributed by atoms with van der Waals surface area (Å²) in [5, 5.41) is 2.97. The van der Waals surface area contributed by atoms with E-state index >= 15 is 0 Å². The fourth-order valence-electron chi connectivity index (χ4n) is 2.37. The lowest BCUT2D eigenvalue weighted by Gasteiger charge is -2.24. The highest BCUT2D eigenvalue weighted by Crippen LogP contribution is 2.23.